The molecule has 0 saturated carbocycles. The molecular formula is C15H17NO2. The number of allylic oxidation sites excluding steroid dienone is 1. The zero-order valence-electron chi connectivity index (χ0n) is 10.6. The van der Waals surface area contributed by atoms with E-state index < -0.39 is 0 Å². The maximum absolute atomic E-state index is 9.98. The summed E-state index contributed by atoms with van der Waals surface area (Å²) in [5.74, 6) is 1.75. The fraction of sp³-hybridized carbons (Fsp3) is 0.467. The van der Waals surface area contributed by atoms with E-state index in [2.05, 4.69) is 24.6 Å². The predicted octanol–water partition coefficient (Wildman–Crippen LogP) is 2.19. The Morgan fingerprint density at radius 2 is 2.33 bits per heavy atom. The molecule has 2 bridgehead atoms. The third-order valence-electron chi connectivity index (χ3n) is 5.02. The third-order valence-corrected chi connectivity index (χ3v) is 5.02. The van der Waals surface area contributed by atoms with E-state index in [1.807, 2.05) is 0 Å². The molecule has 1 aromatic rings. The molecule has 3 heteroatoms. The molecule has 3 nitrogen and oxygen atoms in total. The van der Waals surface area contributed by atoms with Gasteiger partial charge in [0, 0.05) is 11.6 Å². The van der Waals surface area contributed by atoms with Gasteiger partial charge in [-0.15, -0.1) is 0 Å². The van der Waals surface area contributed by atoms with Crippen molar-refractivity contribution in [2.45, 2.75) is 30.7 Å². The van der Waals surface area contributed by atoms with Crippen molar-refractivity contribution < 1.29 is 9.84 Å². The average molecular weight is 243 g/mol. The Morgan fingerprint density at radius 1 is 1.50 bits per heavy atom. The minimum atomic E-state index is -0.0428. The van der Waals surface area contributed by atoms with Gasteiger partial charge in [-0.25, -0.2) is 0 Å². The van der Waals surface area contributed by atoms with E-state index in [-0.39, 0.29) is 11.2 Å². The van der Waals surface area contributed by atoms with E-state index in [9.17, 15) is 5.11 Å². The number of phenols is 1. The standard InChI is InChI=1S/C15H17NO2/c1-9-15-5-6-16(2)11(8-15)7-10-3-4-12(17)14(18-9)13(10)15/h3-4,11,17H,1,5-8H2,2H3. The molecule has 3 aliphatic rings. The number of nitrogens with zero attached hydrogens (tertiary/aromatic N) is 1. The normalized spacial score (nSPS) is 33.2. The summed E-state index contributed by atoms with van der Waals surface area (Å²) in [6.45, 7) is 5.19. The highest BCUT2D eigenvalue weighted by atomic mass is 16.5. The van der Waals surface area contributed by atoms with Crippen LogP contribution in [0.25, 0.3) is 0 Å². The lowest BCUT2D eigenvalue weighted by molar-refractivity contribution is 0.115. The molecule has 0 radical (unpaired) electrons. The minimum absolute atomic E-state index is 0.0428. The van der Waals surface area contributed by atoms with Crippen molar-refractivity contribution >= 4 is 0 Å². The number of benzene rings is 1. The van der Waals surface area contributed by atoms with E-state index in [0.717, 1.165) is 31.6 Å². The molecule has 94 valence electrons. The maximum Gasteiger partial charge on any atom is 0.173 e. The summed E-state index contributed by atoms with van der Waals surface area (Å²) in [7, 11) is 2.20. The van der Waals surface area contributed by atoms with Crippen LogP contribution in [0.4, 0.5) is 0 Å². The highest BCUT2D eigenvalue weighted by Gasteiger charge is 2.53. The Morgan fingerprint density at radius 3 is 3.17 bits per heavy atom. The van der Waals surface area contributed by atoms with Crippen molar-refractivity contribution in [2.75, 3.05) is 13.6 Å². The molecule has 2 unspecified atom stereocenters. The molecule has 0 aromatic heterocycles. The zero-order chi connectivity index (χ0) is 12.5. The van der Waals surface area contributed by atoms with Gasteiger partial charge in [-0.2, -0.15) is 0 Å². The first kappa shape index (κ1) is 10.4. The van der Waals surface area contributed by atoms with Gasteiger partial charge >= 0.3 is 0 Å². The number of phenolic OH excluding ortho intramolecular Hbond substituents is 1. The fourth-order valence-corrected chi connectivity index (χ4v) is 3.94. The molecule has 0 amide bonds. The highest BCUT2D eigenvalue weighted by Crippen LogP contribution is 2.58. The lowest BCUT2D eigenvalue weighted by Gasteiger charge is -2.47. The van der Waals surface area contributed by atoms with Crippen LogP contribution in [0, 0.1) is 0 Å². The third kappa shape index (κ3) is 1.04. The van der Waals surface area contributed by atoms with E-state index >= 15 is 0 Å². The lowest BCUT2D eigenvalue weighted by atomic mass is 9.64. The summed E-state index contributed by atoms with van der Waals surface area (Å²) >= 11 is 0. The van der Waals surface area contributed by atoms with Crippen LogP contribution in [0.15, 0.2) is 24.5 Å². The van der Waals surface area contributed by atoms with Crippen LogP contribution in [0.1, 0.15) is 24.0 Å². The van der Waals surface area contributed by atoms with Crippen molar-refractivity contribution in [1.29, 1.82) is 0 Å². The van der Waals surface area contributed by atoms with Crippen LogP contribution in [0.2, 0.25) is 0 Å². The van der Waals surface area contributed by atoms with Gasteiger partial charge in [0.15, 0.2) is 11.5 Å². The summed E-state index contributed by atoms with van der Waals surface area (Å²) in [6, 6.07) is 4.37. The smallest absolute Gasteiger partial charge is 0.173 e. The summed E-state index contributed by atoms with van der Waals surface area (Å²) in [4.78, 5) is 2.44. The van der Waals surface area contributed by atoms with Crippen LogP contribution >= 0.6 is 0 Å². The van der Waals surface area contributed by atoms with Crippen molar-refractivity contribution in [3.63, 3.8) is 0 Å². The maximum atomic E-state index is 9.98. The number of piperidine rings is 1. The highest BCUT2D eigenvalue weighted by molar-refractivity contribution is 5.62. The Balaban J connectivity index is 2.00. The summed E-state index contributed by atoms with van der Waals surface area (Å²) in [5, 5.41) is 9.98. The van der Waals surface area contributed by atoms with Gasteiger partial charge in [0.1, 0.15) is 5.76 Å². The topological polar surface area (TPSA) is 32.7 Å². The van der Waals surface area contributed by atoms with E-state index in [0.29, 0.717) is 11.8 Å². The second-order valence-electron chi connectivity index (χ2n) is 5.85. The lowest BCUT2D eigenvalue weighted by Crippen LogP contribution is -2.51. The van der Waals surface area contributed by atoms with Gasteiger partial charge in [0.25, 0.3) is 0 Å². The number of aromatic hydroxyl groups is 1. The summed E-state index contributed by atoms with van der Waals surface area (Å²) in [5.41, 5.74) is 2.50. The summed E-state index contributed by atoms with van der Waals surface area (Å²) in [6.07, 6.45) is 3.17. The van der Waals surface area contributed by atoms with Crippen LogP contribution in [-0.2, 0) is 11.8 Å². The van der Waals surface area contributed by atoms with Gasteiger partial charge in [-0.05, 0) is 44.5 Å². The quantitative estimate of drug-likeness (QED) is 0.758. The number of ether oxygens (including phenoxy) is 1. The molecule has 1 saturated heterocycles. The molecule has 18 heavy (non-hydrogen) atoms. The van der Waals surface area contributed by atoms with E-state index in [4.69, 9.17) is 4.74 Å². The van der Waals surface area contributed by atoms with E-state index in [1.54, 1.807) is 6.07 Å². The Labute approximate surface area is 107 Å². The number of fused-ring (bicyclic) bond motifs is 1. The molecule has 2 atom stereocenters. The number of likely N-dealkylation sites (tertiary alicyclic amines) is 1. The van der Waals surface area contributed by atoms with Gasteiger partial charge in [-0.3, -0.25) is 0 Å². The molecule has 1 fully saturated rings. The first-order valence-corrected chi connectivity index (χ1v) is 6.54. The monoisotopic (exact) mass is 243 g/mol. The van der Waals surface area contributed by atoms with Crippen molar-refractivity contribution in [3.8, 4) is 11.5 Å². The Bertz CT molecular complexity index is 566. The van der Waals surface area contributed by atoms with Crippen molar-refractivity contribution in [2.24, 2.45) is 0 Å². The number of likely N-dealkylation sites (N-methyl/N-ethyl adjacent to an activating group) is 1. The Hall–Kier alpha value is -1.48. The van der Waals surface area contributed by atoms with E-state index in [1.165, 1.54) is 11.1 Å². The van der Waals surface area contributed by atoms with Crippen LogP contribution < -0.4 is 4.74 Å². The molecule has 1 N–H and O–H groups in total. The van der Waals surface area contributed by atoms with Crippen LogP contribution in [0.5, 0.6) is 11.5 Å². The molecule has 1 spiro atoms. The van der Waals surface area contributed by atoms with Gasteiger partial charge in [0.2, 0.25) is 0 Å². The number of hydrogen-bond donors (Lipinski definition) is 1. The molecule has 2 heterocycles. The second kappa shape index (κ2) is 3.09. The molecule has 1 aromatic carbocycles. The molecular weight excluding hydrogens is 226 g/mol. The van der Waals surface area contributed by atoms with Gasteiger partial charge in [-0.1, -0.05) is 12.6 Å². The Kier molecular flexibility index (Phi) is 1.80. The van der Waals surface area contributed by atoms with Crippen LogP contribution in [-0.4, -0.2) is 29.6 Å². The predicted molar refractivity (Wildman–Crippen MR) is 68.9 cm³/mol. The first-order chi connectivity index (χ1) is 8.62. The van der Waals surface area contributed by atoms with Gasteiger partial charge < -0.3 is 14.7 Å². The second-order valence-corrected chi connectivity index (χ2v) is 5.85. The average Bonchev–Trinajstić information content (AvgIpc) is 2.65. The number of rotatable bonds is 0. The SMILES string of the molecule is C=C1Oc2c(O)ccc3c2C12CCN(C)C(C3)C2. The molecule has 1 aliphatic carbocycles. The first-order valence-electron chi connectivity index (χ1n) is 6.54. The molecule has 4 rings (SSSR count). The minimum Gasteiger partial charge on any atom is -0.504 e. The van der Waals surface area contributed by atoms with Gasteiger partial charge in [0.05, 0.1) is 5.41 Å². The van der Waals surface area contributed by atoms with Crippen LogP contribution in [0.3, 0.4) is 0 Å². The largest absolute Gasteiger partial charge is 0.504 e. The summed E-state index contributed by atoms with van der Waals surface area (Å²) < 4.78 is 5.81. The molecule has 2 aliphatic heterocycles. The fourth-order valence-electron chi connectivity index (χ4n) is 3.94. The van der Waals surface area contributed by atoms with Crippen molar-refractivity contribution in [1.82, 2.24) is 4.90 Å². The zero-order valence-corrected chi connectivity index (χ0v) is 10.6. The van der Waals surface area contributed by atoms with Crippen molar-refractivity contribution in [3.05, 3.63) is 35.6 Å². The number of hydrogen-bond acceptors (Lipinski definition) is 3.